The highest BCUT2D eigenvalue weighted by molar-refractivity contribution is 7.86. The first-order valence-corrected chi connectivity index (χ1v) is 8.09. The Kier molecular flexibility index (Phi) is 6.28. The summed E-state index contributed by atoms with van der Waals surface area (Å²) >= 11 is 0. The van der Waals surface area contributed by atoms with E-state index in [1.54, 1.807) is 0 Å². The zero-order chi connectivity index (χ0) is 13.7. The number of hydrogen-bond donors (Lipinski definition) is 1. The summed E-state index contributed by atoms with van der Waals surface area (Å²) in [5, 5.41) is 8.80. The van der Waals surface area contributed by atoms with Gasteiger partial charge in [0, 0.05) is 0 Å². The fourth-order valence-corrected chi connectivity index (χ4v) is 3.57. The molecule has 0 aromatic rings. The highest BCUT2D eigenvalue weighted by atomic mass is 32.2. The van der Waals surface area contributed by atoms with E-state index >= 15 is 0 Å². The van der Waals surface area contributed by atoms with E-state index in [9.17, 15) is 17.8 Å². The third kappa shape index (κ3) is 5.60. The average Bonchev–Trinajstić information content (AvgIpc) is 2.13. The largest absolute Gasteiger partial charge is 0.479 e. The molecule has 1 N–H and O–H groups in total. The molecule has 10 heteroatoms. The van der Waals surface area contributed by atoms with Crippen molar-refractivity contribution in [3.63, 3.8) is 0 Å². The molecule has 1 unspecified atom stereocenters. The highest BCUT2D eigenvalue weighted by Gasteiger charge is 2.45. The Morgan fingerprint density at radius 2 is 1.71 bits per heavy atom. The lowest BCUT2D eigenvalue weighted by Crippen LogP contribution is -2.28. The maximum atomic E-state index is 12.0. The number of hydrogen-bond acceptors (Lipinski definition) is 7. The van der Waals surface area contributed by atoms with Gasteiger partial charge in [-0.15, -0.1) is 0 Å². The van der Waals surface area contributed by atoms with Gasteiger partial charge in [-0.3, -0.25) is 4.57 Å². The van der Waals surface area contributed by atoms with Gasteiger partial charge in [-0.05, 0) is 13.8 Å². The maximum Gasteiger partial charge on any atom is 0.372 e. The van der Waals surface area contributed by atoms with Crippen molar-refractivity contribution in [1.82, 2.24) is 0 Å². The van der Waals surface area contributed by atoms with Gasteiger partial charge < -0.3 is 14.2 Å². The third-order valence-corrected chi connectivity index (χ3v) is 4.20. The number of aliphatic carboxylic acids is 1. The molecule has 0 aromatic heterocycles. The summed E-state index contributed by atoms with van der Waals surface area (Å²) < 4.78 is 47.4. The summed E-state index contributed by atoms with van der Waals surface area (Å²) in [6, 6.07) is 0. The van der Waals surface area contributed by atoms with Crippen LogP contribution in [0.5, 0.6) is 0 Å². The SMILES string of the molecule is CCOP(=O)(OCC)C(OS(C)(=O)=O)C(=O)O. The van der Waals surface area contributed by atoms with Crippen molar-refractivity contribution in [2.45, 2.75) is 19.7 Å². The molecule has 0 aliphatic rings. The van der Waals surface area contributed by atoms with Crippen LogP contribution in [0.3, 0.4) is 0 Å². The molecule has 0 fully saturated rings. The highest BCUT2D eigenvalue weighted by Crippen LogP contribution is 2.53. The predicted molar refractivity (Wildman–Crippen MR) is 58.2 cm³/mol. The van der Waals surface area contributed by atoms with Gasteiger partial charge in [0.15, 0.2) is 0 Å². The first-order valence-electron chi connectivity index (χ1n) is 4.66. The molecular formula is C7H15O8PS. The van der Waals surface area contributed by atoms with Crippen LogP contribution in [0.4, 0.5) is 0 Å². The van der Waals surface area contributed by atoms with E-state index in [1.807, 2.05) is 0 Å². The summed E-state index contributed by atoms with van der Waals surface area (Å²) in [5.74, 6) is -3.93. The van der Waals surface area contributed by atoms with Gasteiger partial charge >= 0.3 is 13.6 Å². The Morgan fingerprint density at radius 3 is 1.94 bits per heavy atom. The average molecular weight is 290 g/mol. The van der Waals surface area contributed by atoms with Crippen LogP contribution in [0.25, 0.3) is 0 Å². The molecule has 0 heterocycles. The maximum absolute atomic E-state index is 12.0. The second-order valence-electron chi connectivity index (χ2n) is 2.87. The molecule has 0 aromatic carbocycles. The molecule has 0 aliphatic carbocycles. The van der Waals surface area contributed by atoms with Crippen LogP contribution in [-0.2, 0) is 32.7 Å². The second kappa shape index (κ2) is 6.46. The Balaban J connectivity index is 5.25. The molecule has 0 amide bonds. The fourth-order valence-electron chi connectivity index (χ4n) is 0.927. The Hall–Kier alpha value is -0.470. The number of carboxylic acid groups (broad SMARTS) is 1. The first-order chi connectivity index (χ1) is 7.66. The predicted octanol–water partition coefficient (Wildman–Crippen LogP) is 0.639. The molecule has 0 bridgehead atoms. The van der Waals surface area contributed by atoms with Gasteiger partial charge in [0.2, 0.25) is 0 Å². The molecule has 1 atom stereocenters. The minimum Gasteiger partial charge on any atom is -0.479 e. The third-order valence-electron chi connectivity index (χ3n) is 1.38. The topological polar surface area (TPSA) is 116 Å². The minimum absolute atomic E-state index is 0.103. The Labute approximate surface area is 99.5 Å². The summed E-state index contributed by atoms with van der Waals surface area (Å²) in [6.45, 7) is 2.72. The summed E-state index contributed by atoms with van der Waals surface area (Å²) in [6.07, 6.45) is 0.644. The van der Waals surface area contributed by atoms with Crippen LogP contribution in [0.1, 0.15) is 13.8 Å². The van der Waals surface area contributed by atoms with E-state index in [0.717, 1.165) is 0 Å². The van der Waals surface area contributed by atoms with Gasteiger partial charge in [0.1, 0.15) is 0 Å². The van der Waals surface area contributed by atoms with Crippen LogP contribution >= 0.6 is 7.60 Å². The Morgan fingerprint density at radius 1 is 1.29 bits per heavy atom. The molecule has 0 saturated carbocycles. The van der Waals surface area contributed by atoms with E-state index in [-0.39, 0.29) is 13.2 Å². The molecule has 102 valence electrons. The van der Waals surface area contributed by atoms with E-state index in [2.05, 4.69) is 4.18 Å². The molecular weight excluding hydrogens is 275 g/mol. The number of carbonyl (C=O) groups is 1. The smallest absolute Gasteiger partial charge is 0.372 e. The molecule has 17 heavy (non-hydrogen) atoms. The van der Waals surface area contributed by atoms with Gasteiger partial charge in [-0.1, -0.05) is 0 Å². The minimum atomic E-state index is -4.18. The van der Waals surface area contributed by atoms with Crippen molar-refractivity contribution < 1.29 is 36.1 Å². The lowest BCUT2D eigenvalue weighted by molar-refractivity contribution is -0.142. The molecule has 0 spiro atoms. The molecule has 0 aliphatic heterocycles. The lowest BCUT2D eigenvalue weighted by Gasteiger charge is -2.22. The van der Waals surface area contributed by atoms with Crippen molar-refractivity contribution in [2.24, 2.45) is 0 Å². The van der Waals surface area contributed by atoms with Crippen LogP contribution < -0.4 is 0 Å². The molecule has 8 nitrogen and oxygen atoms in total. The van der Waals surface area contributed by atoms with E-state index < -0.39 is 29.5 Å². The molecule has 0 rings (SSSR count). The van der Waals surface area contributed by atoms with Gasteiger partial charge in [-0.25, -0.2) is 8.98 Å². The van der Waals surface area contributed by atoms with Crippen molar-refractivity contribution >= 4 is 23.7 Å². The normalized spacial score (nSPS) is 14.5. The van der Waals surface area contributed by atoms with Crippen molar-refractivity contribution in [1.29, 1.82) is 0 Å². The van der Waals surface area contributed by atoms with Crippen LogP contribution in [0, 0.1) is 0 Å². The van der Waals surface area contributed by atoms with Crippen LogP contribution in [-0.4, -0.2) is 44.8 Å². The lowest BCUT2D eigenvalue weighted by atomic mass is 10.7. The van der Waals surface area contributed by atoms with Gasteiger partial charge in [-0.2, -0.15) is 8.42 Å². The zero-order valence-electron chi connectivity index (χ0n) is 9.65. The van der Waals surface area contributed by atoms with Crippen LogP contribution in [0.15, 0.2) is 0 Å². The Bertz CT molecular complexity index is 392. The number of rotatable bonds is 8. The number of carboxylic acids is 1. The van der Waals surface area contributed by atoms with Crippen LogP contribution in [0.2, 0.25) is 0 Å². The van der Waals surface area contributed by atoms with Crippen molar-refractivity contribution in [3.8, 4) is 0 Å². The zero-order valence-corrected chi connectivity index (χ0v) is 11.4. The van der Waals surface area contributed by atoms with Gasteiger partial charge in [0.05, 0.1) is 19.5 Å². The summed E-state index contributed by atoms with van der Waals surface area (Å²) in [4.78, 5) is 10.9. The quantitative estimate of drug-likeness (QED) is 0.511. The summed E-state index contributed by atoms with van der Waals surface area (Å²) in [7, 11) is -8.28. The second-order valence-corrected chi connectivity index (χ2v) is 6.53. The van der Waals surface area contributed by atoms with Crippen molar-refractivity contribution in [3.05, 3.63) is 0 Å². The standard InChI is InChI=1S/C7H15O8PS/c1-4-13-16(10,14-5-2)7(6(8)9)15-17(3,11)12/h7H,4-5H2,1-3H3,(H,8,9). The van der Waals surface area contributed by atoms with Crippen molar-refractivity contribution in [2.75, 3.05) is 19.5 Å². The monoisotopic (exact) mass is 290 g/mol. The molecule has 0 saturated heterocycles. The first kappa shape index (κ1) is 16.5. The van der Waals surface area contributed by atoms with E-state index in [0.29, 0.717) is 6.26 Å². The summed E-state index contributed by atoms with van der Waals surface area (Å²) in [5.41, 5.74) is 0. The van der Waals surface area contributed by atoms with E-state index in [4.69, 9.17) is 14.2 Å². The fraction of sp³-hybridized carbons (Fsp3) is 0.857. The van der Waals surface area contributed by atoms with Gasteiger partial charge in [0.25, 0.3) is 16.0 Å². The molecule has 0 radical (unpaired) electrons. The van der Waals surface area contributed by atoms with E-state index in [1.165, 1.54) is 13.8 Å².